The Morgan fingerprint density at radius 3 is 2.48 bits per heavy atom. The van der Waals surface area contributed by atoms with Crippen LogP contribution >= 0.6 is 0 Å². The quantitative estimate of drug-likeness (QED) is 0.754. The van der Waals surface area contributed by atoms with Crippen LogP contribution in [0.2, 0.25) is 0 Å². The minimum atomic E-state index is -3.49. The van der Waals surface area contributed by atoms with Crippen molar-refractivity contribution in [2.45, 2.75) is 37.1 Å². The molecule has 1 amide bonds. The van der Waals surface area contributed by atoms with Crippen molar-refractivity contribution in [1.82, 2.24) is 4.31 Å². The van der Waals surface area contributed by atoms with Gasteiger partial charge in [-0.3, -0.25) is 4.79 Å². The Labute approximate surface area is 172 Å². The minimum absolute atomic E-state index is 0.104. The highest BCUT2D eigenvalue weighted by atomic mass is 32.2. The highest BCUT2D eigenvalue weighted by Crippen LogP contribution is 2.32. The minimum Gasteiger partial charge on any atom is -0.379 e. The number of ether oxygens (including phenoxy) is 1. The van der Waals surface area contributed by atoms with Gasteiger partial charge in [0.25, 0.3) is 0 Å². The number of aryl methyl sites for hydroxylation is 1. The number of carbonyl (C=O) groups is 1. The lowest BCUT2D eigenvalue weighted by Crippen LogP contribution is -2.40. The summed E-state index contributed by atoms with van der Waals surface area (Å²) in [6.07, 6.45) is 1.87. The van der Waals surface area contributed by atoms with Gasteiger partial charge in [0.2, 0.25) is 15.9 Å². The Morgan fingerprint density at radius 2 is 1.76 bits per heavy atom. The van der Waals surface area contributed by atoms with Gasteiger partial charge < -0.3 is 9.64 Å². The van der Waals surface area contributed by atoms with Crippen LogP contribution in [0.4, 0.5) is 5.69 Å². The van der Waals surface area contributed by atoms with Gasteiger partial charge in [0.1, 0.15) is 0 Å². The normalized spacial score (nSPS) is 19.9. The highest BCUT2D eigenvalue weighted by molar-refractivity contribution is 7.89. The molecule has 1 saturated heterocycles. The summed E-state index contributed by atoms with van der Waals surface area (Å²) in [6, 6.07) is 15.1. The molecule has 2 aromatic rings. The lowest BCUT2D eigenvalue weighted by Gasteiger charge is -2.26. The van der Waals surface area contributed by atoms with E-state index in [0.29, 0.717) is 39.1 Å². The molecule has 0 saturated carbocycles. The molecule has 2 aromatic carbocycles. The molecule has 1 fully saturated rings. The van der Waals surface area contributed by atoms with Gasteiger partial charge in [-0.2, -0.15) is 4.31 Å². The van der Waals surface area contributed by atoms with Crippen molar-refractivity contribution in [3.05, 3.63) is 59.7 Å². The average Bonchev–Trinajstić information content (AvgIpc) is 3.08. The van der Waals surface area contributed by atoms with Crippen LogP contribution in [0.1, 0.15) is 24.5 Å². The molecule has 2 aliphatic heterocycles. The summed E-state index contributed by atoms with van der Waals surface area (Å²) in [4.78, 5) is 15.0. The van der Waals surface area contributed by atoms with E-state index in [2.05, 4.69) is 13.0 Å². The Hall–Kier alpha value is -2.22. The molecule has 0 radical (unpaired) electrons. The number of amides is 1. The van der Waals surface area contributed by atoms with Gasteiger partial charge in [0, 0.05) is 31.2 Å². The summed E-state index contributed by atoms with van der Waals surface area (Å²) in [5.41, 5.74) is 3.18. The van der Waals surface area contributed by atoms with Crippen LogP contribution in [0.15, 0.2) is 53.4 Å². The van der Waals surface area contributed by atoms with Crippen LogP contribution in [-0.2, 0) is 32.4 Å². The van der Waals surface area contributed by atoms with E-state index in [4.69, 9.17) is 4.74 Å². The average molecular weight is 415 g/mol. The molecule has 0 spiro atoms. The van der Waals surface area contributed by atoms with Crippen molar-refractivity contribution >= 4 is 21.6 Å². The maximum atomic E-state index is 12.8. The predicted octanol–water partition coefficient (Wildman–Crippen LogP) is 2.62. The number of hydrogen-bond acceptors (Lipinski definition) is 4. The van der Waals surface area contributed by atoms with Crippen molar-refractivity contribution in [2.75, 3.05) is 31.2 Å². The van der Waals surface area contributed by atoms with Gasteiger partial charge in [0.15, 0.2) is 0 Å². The molecule has 7 heteroatoms. The molecule has 0 bridgehead atoms. The Kier molecular flexibility index (Phi) is 5.72. The SMILES string of the molecule is C[C@@H]1Cc2ccccc2N1C(=O)CCc1ccc(S(=O)(=O)N2CCOCC2)cc1. The first-order valence-electron chi connectivity index (χ1n) is 10.0. The first-order chi connectivity index (χ1) is 14.0. The number of para-hydroxylation sites is 1. The van der Waals surface area contributed by atoms with Crippen LogP contribution in [0.25, 0.3) is 0 Å². The molecule has 0 N–H and O–H groups in total. The summed E-state index contributed by atoms with van der Waals surface area (Å²) in [7, 11) is -3.49. The van der Waals surface area contributed by atoms with Crippen LogP contribution in [0.3, 0.4) is 0 Å². The number of morpholine rings is 1. The van der Waals surface area contributed by atoms with E-state index in [-0.39, 0.29) is 16.8 Å². The number of nitrogens with zero attached hydrogens (tertiary/aromatic N) is 2. The number of hydrogen-bond donors (Lipinski definition) is 0. The molecule has 0 aliphatic carbocycles. The van der Waals surface area contributed by atoms with E-state index >= 15 is 0 Å². The predicted molar refractivity (Wildman–Crippen MR) is 111 cm³/mol. The Morgan fingerprint density at radius 1 is 1.07 bits per heavy atom. The van der Waals surface area contributed by atoms with Gasteiger partial charge in [0.05, 0.1) is 18.1 Å². The molecule has 154 valence electrons. The molecule has 2 aliphatic rings. The summed E-state index contributed by atoms with van der Waals surface area (Å²) in [5.74, 6) is 0.104. The van der Waals surface area contributed by atoms with E-state index in [1.807, 2.05) is 35.2 Å². The van der Waals surface area contributed by atoms with E-state index in [9.17, 15) is 13.2 Å². The third-order valence-corrected chi connectivity index (χ3v) is 7.55. The highest BCUT2D eigenvalue weighted by Gasteiger charge is 2.30. The van der Waals surface area contributed by atoms with Crippen LogP contribution in [0, 0.1) is 0 Å². The monoisotopic (exact) mass is 414 g/mol. The third-order valence-electron chi connectivity index (χ3n) is 5.63. The first-order valence-corrected chi connectivity index (χ1v) is 11.5. The zero-order chi connectivity index (χ0) is 20.4. The standard InChI is InChI=1S/C22H26N2O4S/c1-17-16-19-4-2-3-5-21(19)24(17)22(25)11-8-18-6-9-20(10-7-18)29(26,27)23-12-14-28-15-13-23/h2-7,9-10,17H,8,11-16H2,1H3/t17-/m1/s1. The smallest absolute Gasteiger partial charge is 0.243 e. The lowest BCUT2D eigenvalue weighted by atomic mass is 10.1. The molecule has 1 atom stereocenters. The van der Waals surface area contributed by atoms with Crippen LogP contribution in [0.5, 0.6) is 0 Å². The second-order valence-corrected chi connectivity index (χ2v) is 9.54. The maximum absolute atomic E-state index is 12.8. The fourth-order valence-electron chi connectivity index (χ4n) is 4.08. The van der Waals surface area contributed by atoms with Gasteiger partial charge in [-0.1, -0.05) is 30.3 Å². The van der Waals surface area contributed by atoms with Gasteiger partial charge in [-0.25, -0.2) is 8.42 Å². The summed E-state index contributed by atoms with van der Waals surface area (Å²) >= 11 is 0. The molecule has 4 rings (SSSR count). The van der Waals surface area contributed by atoms with E-state index < -0.39 is 10.0 Å². The zero-order valence-electron chi connectivity index (χ0n) is 16.6. The molecular formula is C22H26N2O4S. The fourth-order valence-corrected chi connectivity index (χ4v) is 5.49. The largest absolute Gasteiger partial charge is 0.379 e. The number of carbonyl (C=O) groups excluding carboxylic acids is 1. The lowest BCUT2D eigenvalue weighted by molar-refractivity contribution is -0.118. The molecule has 0 unspecified atom stereocenters. The molecular weight excluding hydrogens is 388 g/mol. The fraction of sp³-hybridized carbons (Fsp3) is 0.409. The van der Waals surface area contributed by atoms with Crippen molar-refractivity contribution in [3.63, 3.8) is 0 Å². The number of benzene rings is 2. The van der Waals surface area contributed by atoms with Crippen molar-refractivity contribution in [1.29, 1.82) is 0 Å². The summed E-state index contributed by atoms with van der Waals surface area (Å²) in [5, 5.41) is 0. The van der Waals surface area contributed by atoms with E-state index in [1.54, 1.807) is 12.1 Å². The third kappa shape index (κ3) is 4.08. The number of rotatable bonds is 5. The maximum Gasteiger partial charge on any atom is 0.243 e. The zero-order valence-corrected chi connectivity index (χ0v) is 17.4. The van der Waals surface area contributed by atoms with E-state index in [1.165, 1.54) is 9.87 Å². The van der Waals surface area contributed by atoms with Crippen LogP contribution in [-0.4, -0.2) is 51.0 Å². The van der Waals surface area contributed by atoms with Crippen molar-refractivity contribution < 1.29 is 17.9 Å². The number of anilines is 1. The number of sulfonamides is 1. The molecule has 6 nitrogen and oxygen atoms in total. The van der Waals surface area contributed by atoms with Crippen molar-refractivity contribution in [3.8, 4) is 0 Å². The Bertz CT molecular complexity index is 982. The van der Waals surface area contributed by atoms with E-state index in [0.717, 1.165) is 17.7 Å². The van der Waals surface area contributed by atoms with Crippen LogP contribution < -0.4 is 4.90 Å². The molecule has 2 heterocycles. The number of fused-ring (bicyclic) bond motifs is 1. The summed E-state index contributed by atoms with van der Waals surface area (Å²) < 4.78 is 32.1. The van der Waals surface area contributed by atoms with Gasteiger partial charge in [-0.15, -0.1) is 0 Å². The summed E-state index contributed by atoms with van der Waals surface area (Å²) in [6.45, 7) is 3.69. The van der Waals surface area contributed by atoms with Gasteiger partial charge in [-0.05, 0) is 49.1 Å². The van der Waals surface area contributed by atoms with Crippen molar-refractivity contribution in [2.24, 2.45) is 0 Å². The van der Waals surface area contributed by atoms with Gasteiger partial charge >= 0.3 is 0 Å². The molecule has 0 aromatic heterocycles. The first kappa shape index (κ1) is 20.1. The topological polar surface area (TPSA) is 66.9 Å². The second kappa shape index (κ2) is 8.26. The Balaban J connectivity index is 1.40. The second-order valence-electron chi connectivity index (χ2n) is 7.61. The molecule has 29 heavy (non-hydrogen) atoms.